The molecule has 0 aliphatic rings. The lowest BCUT2D eigenvalue weighted by molar-refractivity contribution is -0.538. The first kappa shape index (κ1) is 21.6. The van der Waals surface area contributed by atoms with E-state index in [1.165, 1.54) is 0 Å². The Bertz CT molecular complexity index is 1670. The Labute approximate surface area is 209 Å². The molecule has 174 valence electrons. The Kier molecular flexibility index (Phi) is 5.64. The minimum Gasteiger partial charge on any atom is -0.497 e. The molecule has 0 saturated heterocycles. The number of hydrogen-bond acceptors (Lipinski definition) is 4. The molecule has 0 saturated carbocycles. The number of rotatable bonds is 6. The van der Waals surface area contributed by atoms with Crippen LogP contribution in [0.5, 0.6) is 5.75 Å². The molecule has 0 bridgehead atoms. The van der Waals surface area contributed by atoms with Gasteiger partial charge in [0.05, 0.1) is 7.11 Å². The maximum atomic E-state index is 5.38. The lowest BCUT2D eigenvalue weighted by atomic mass is 10.1. The molecule has 0 unspecified atom stereocenters. The number of para-hydroxylation sites is 2. The van der Waals surface area contributed by atoms with Crippen LogP contribution in [0.2, 0.25) is 0 Å². The summed E-state index contributed by atoms with van der Waals surface area (Å²) in [7, 11) is 1.68. The Hall–Kier alpha value is -4.90. The lowest BCUT2D eigenvalue weighted by Gasteiger charge is -2.11. The summed E-state index contributed by atoms with van der Waals surface area (Å²) < 4.78 is 7.65. The fraction of sp³-hybridized carbons (Fsp3) is 0.0323. The van der Waals surface area contributed by atoms with Crippen molar-refractivity contribution in [1.29, 1.82) is 0 Å². The minimum absolute atomic E-state index is 0.811. The summed E-state index contributed by atoms with van der Waals surface area (Å²) in [6.07, 6.45) is 0. The fourth-order valence-electron chi connectivity index (χ4n) is 4.42. The Morgan fingerprint density at radius 3 is 1.75 bits per heavy atom. The van der Waals surface area contributed by atoms with Crippen LogP contribution in [0.25, 0.3) is 27.8 Å². The van der Waals surface area contributed by atoms with Crippen LogP contribution in [0.4, 0.5) is 22.7 Å². The van der Waals surface area contributed by atoms with Crippen LogP contribution in [-0.2, 0) is 0 Å². The summed E-state index contributed by atoms with van der Waals surface area (Å²) >= 11 is 0. The van der Waals surface area contributed by atoms with Gasteiger partial charge in [-0.25, -0.2) is 4.98 Å². The molecular weight excluding hydrogens is 444 g/mol. The molecule has 1 aromatic heterocycles. The molecule has 6 rings (SSSR count). The van der Waals surface area contributed by atoms with Crippen molar-refractivity contribution in [2.24, 2.45) is 0 Å². The number of benzene rings is 5. The van der Waals surface area contributed by atoms with E-state index in [4.69, 9.17) is 9.72 Å². The van der Waals surface area contributed by atoms with Gasteiger partial charge < -0.3 is 15.4 Å². The molecule has 0 atom stereocenters. The fourth-order valence-corrected chi connectivity index (χ4v) is 4.42. The zero-order valence-electron chi connectivity index (χ0n) is 19.8. The number of methoxy groups -OCH3 is 1. The van der Waals surface area contributed by atoms with Gasteiger partial charge >= 0.3 is 0 Å². The third kappa shape index (κ3) is 4.30. The Balaban J connectivity index is 1.52. The summed E-state index contributed by atoms with van der Waals surface area (Å²) in [5.41, 5.74) is 8.94. The second-order valence-electron chi connectivity index (χ2n) is 8.54. The second kappa shape index (κ2) is 9.39. The zero-order chi connectivity index (χ0) is 24.3. The van der Waals surface area contributed by atoms with Gasteiger partial charge in [0.2, 0.25) is 16.7 Å². The highest BCUT2D eigenvalue weighted by Gasteiger charge is 2.20. The van der Waals surface area contributed by atoms with E-state index in [0.717, 1.165) is 56.3 Å². The van der Waals surface area contributed by atoms with Crippen molar-refractivity contribution >= 4 is 44.8 Å². The molecule has 0 radical (unpaired) electrons. The maximum absolute atomic E-state index is 5.38. The molecule has 0 fully saturated rings. The molecule has 0 aliphatic carbocycles. The smallest absolute Gasteiger partial charge is 0.239 e. The minimum atomic E-state index is 0.811. The predicted octanol–water partition coefficient (Wildman–Crippen LogP) is 7.16. The van der Waals surface area contributed by atoms with Gasteiger partial charge in [-0.2, -0.15) is 0 Å². The van der Waals surface area contributed by atoms with Gasteiger partial charge in [-0.05, 0) is 48.5 Å². The number of anilines is 4. The van der Waals surface area contributed by atoms with Gasteiger partial charge in [0.15, 0.2) is 0 Å². The van der Waals surface area contributed by atoms with Crippen molar-refractivity contribution in [2.75, 3.05) is 17.7 Å². The summed E-state index contributed by atoms with van der Waals surface area (Å²) in [5, 5.41) is 7.02. The molecular formula is C31H25N4O+. The standard InChI is InChI=1S/C31H24N4O/c1-36-27-14-8-11-23(19-27)33-25-16-18-29-31(21-25)35(26-12-6-3-7-13-26)30-20-24(15-17-28(30)34-29)32-22-9-4-2-5-10-22/h2-21H,1H3,(H,32,33)/p+1. The summed E-state index contributed by atoms with van der Waals surface area (Å²) in [5.74, 6) is 0.811. The quantitative estimate of drug-likeness (QED) is 0.201. The first-order valence-electron chi connectivity index (χ1n) is 11.8. The lowest BCUT2D eigenvalue weighted by Crippen LogP contribution is -2.33. The van der Waals surface area contributed by atoms with Crippen LogP contribution in [0.15, 0.2) is 121 Å². The third-order valence-corrected chi connectivity index (χ3v) is 6.11. The normalized spacial score (nSPS) is 10.9. The molecule has 5 heteroatoms. The number of aromatic nitrogens is 2. The molecule has 0 aliphatic heterocycles. The van der Waals surface area contributed by atoms with Crippen molar-refractivity contribution in [3.05, 3.63) is 121 Å². The zero-order valence-corrected chi connectivity index (χ0v) is 19.8. The van der Waals surface area contributed by atoms with Crippen molar-refractivity contribution in [2.45, 2.75) is 0 Å². The molecule has 0 amide bonds. The van der Waals surface area contributed by atoms with E-state index in [9.17, 15) is 0 Å². The van der Waals surface area contributed by atoms with Gasteiger partial charge in [0.25, 0.3) is 0 Å². The Morgan fingerprint density at radius 1 is 0.556 bits per heavy atom. The average Bonchev–Trinajstić information content (AvgIpc) is 2.93. The van der Waals surface area contributed by atoms with Crippen molar-refractivity contribution in [3.8, 4) is 11.4 Å². The van der Waals surface area contributed by atoms with Crippen LogP contribution < -0.4 is 19.9 Å². The van der Waals surface area contributed by atoms with E-state index in [2.05, 4.69) is 88.0 Å². The summed E-state index contributed by atoms with van der Waals surface area (Å²) in [6.45, 7) is 0. The number of ether oxygens (including phenoxy) is 1. The van der Waals surface area contributed by atoms with E-state index in [0.29, 0.717) is 0 Å². The molecule has 0 spiro atoms. The van der Waals surface area contributed by atoms with E-state index in [1.54, 1.807) is 7.11 Å². The summed E-state index contributed by atoms with van der Waals surface area (Å²) in [4.78, 5) is 4.99. The number of nitrogens with zero attached hydrogens (tertiary/aromatic N) is 2. The van der Waals surface area contributed by atoms with Gasteiger partial charge in [0.1, 0.15) is 16.8 Å². The van der Waals surface area contributed by atoms with Crippen LogP contribution in [0.3, 0.4) is 0 Å². The van der Waals surface area contributed by atoms with Crippen LogP contribution >= 0.6 is 0 Å². The monoisotopic (exact) mass is 469 g/mol. The molecule has 5 aromatic carbocycles. The van der Waals surface area contributed by atoms with E-state index >= 15 is 0 Å². The van der Waals surface area contributed by atoms with Crippen molar-refractivity contribution < 1.29 is 9.30 Å². The first-order chi connectivity index (χ1) is 17.8. The molecule has 36 heavy (non-hydrogen) atoms. The third-order valence-electron chi connectivity index (χ3n) is 6.11. The number of hydrogen-bond donors (Lipinski definition) is 2. The second-order valence-corrected chi connectivity index (χ2v) is 8.54. The van der Waals surface area contributed by atoms with Gasteiger partial charge in [-0.1, -0.05) is 42.5 Å². The maximum Gasteiger partial charge on any atom is 0.239 e. The van der Waals surface area contributed by atoms with E-state index in [1.807, 2.05) is 48.5 Å². The van der Waals surface area contributed by atoms with E-state index < -0.39 is 0 Å². The number of nitrogens with one attached hydrogen (secondary N) is 2. The molecule has 1 heterocycles. The molecule has 6 aromatic rings. The van der Waals surface area contributed by atoms with Crippen LogP contribution in [-0.4, -0.2) is 12.1 Å². The van der Waals surface area contributed by atoms with Gasteiger partial charge in [0, 0.05) is 53.1 Å². The largest absolute Gasteiger partial charge is 0.497 e. The summed E-state index contributed by atoms with van der Waals surface area (Å²) in [6, 6.07) is 41.1. The number of fused-ring (bicyclic) bond motifs is 2. The highest BCUT2D eigenvalue weighted by molar-refractivity contribution is 5.87. The van der Waals surface area contributed by atoms with Crippen LogP contribution in [0.1, 0.15) is 0 Å². The van der Waals surface area contributed by atoms with Gasteiger partial charge in [-0.3, -0.25) is 0 Å². The van der Waals surface area contributed by atoms with Crippen LogP contribution in [0, 0.1) is 0 Å². The first-order valence-corrected chi connectivity index (χ1v) is 11.8. The van der Waals surface area contributed by atoms with Crippen molar-refractivity contribution in [1.82, 2.24) is 4.98 Å². The topological polar surface area (TPSA) is 50.1 Å². The SMILES string of the molecule is COc1cccc(Nc2ccc3nc4ccc(Nc5ccccc5)cc4[n+](-c4ccccc4)c3c2)c1. The van der Waals surface area contributed by atoms with E-state index in [-0.39, 0.29) is 0 Å². The predicted molar refractivity (Wildman–Crippen MR) is 147 cm³/mol. The molecule has 2 N–H and O–H groups in total. The van der Waals surface area contributed by atoms with Gasteiger partial charge in [-0.15, -0.1) is 4.57 Å². The van der Waals surface area contributed by atoms with Crippen molar-refractivity contribution in [3.63, 3.8) is 0 Å². The molecule has 5 nitrogen and oxygen atoms in total. The highest BCUT2D eigenvalue weighted by atomic mass is 16.5. The Morgan fingerprint density at radius 2 is 1.11 bits per heavy atom. The average molecular weight is 470 g/mol. The highest BCUT2D eigenvalue weighted by Crippen LogP contribution is 2.26.